The highest BCUT2D eigenvalue weighted by molar-refractivity contribution is 7.27. The molecule has 1 nitrogen and oxygen atoms in total. The van der Waals surface area contributed by atoms with E-state index < -0.39 is 0 Å². The average molecular weight is 450 g/mol. The Hall–Kier alpha value is -4.14. The molecule has 0 spiro atoms. The molecule has 2 aromatic heterocycles. The van der Waals surface area contributed by atoms with Gasteiger partial charge >= 0.3 is 0 Å². The molecule has 0 unspecified atom stereocenters. The highest BCUT2D eigenvalue weighted by Crippen LogP contribution is 2.48. The van der Waals surface area contributed by atoms with Gasteiger partial charge in [0.1, 0.15) is 0 Å². The van der Waals surface area contributed by atoms with Crippen LogP contribution in [0.2, 0.25) is 0 Å². The molecule has 34 heavy (non-hydrogen) atoms. The summed E-state index contributed by atoms with van der Waals surface area (Å²) in [7, 11) is 0. The van der Waals surface area contributed by atoms with Crippen LogP contribution in [0.25, 0.3) is 69.2 Å². The van der Waals surface area contributed by atoms with Crippen molar-refractivity contribution >= 4 is 74.9 Å². The van der Waals surface area contributed by atoms with Crippen molar-refractivity contribution in [2.75, 3.05) is 0 Å². The smallest absolute Gasteiger partial charge is 0.0734 e. The van der Waals surface area contributed by atoms with Gasteiger partial charge in [-0.3, -0.25) is 0 Å². The molecule has 6 aromatic carbocycles. The molecular formula is C32H19NS. The van der Waals surface area contributed by atoms with E-state index in [4.69, 9.17) is 0 Å². The molecule has 2 heteroatoms. The molecule has 158 valence electrons. The molecule has 0 fully saturated rings. The molecule has 0 saturated carbocycles. The molecule has 0 bridgehead atoms. The van der Waals surface area contributed by atoms with Crippen molar-refractivity contribution in [3.05, 3.63) is 115 Å². The van der Waals surface area contributed by atoms with Gasteiger partial charge in [-0.1, -0.05) is 97.1 Å². The third-order valence-corrected chi connectivity index (χ3v) is 8.39. The molecule has 0 amide bonds. The van der Waals surface area contributed by atoms with E-state index in [1.165, 1.54) is 69.2 Å². The minimum Gasteiger partial charge on any atom is -0.308 e. The van der Waals surface area contributed by atoms with Gasteiger partial charge in [0.2, 0.25) is 0 Å². The Labute approximate surface area is 200 Å². The first kappa shape index (κ1) is 18.3. The highest BCUT2D eigenvalue weighted by atomic mass is 32.1. The summed E-state index contributed by atoms with van der Waals surface area (Å²) in [6.07, 6.45) is 0. The minimum absolute atomic E-state index is 1.21. The van der Waals surface area contributed by atoms with Gasteiger partial charge in [-0.15, -0.1) is 11.3 Å². The second-order valence-electron chi connectivity index (χ2n) is 8.96. The fourth-order valence-electron chi connectivity index (χ4n) is 5.67. The van der Waals surface area contributed by atoms with E-state index in [0.717, 1.165) is 0 Å². The predicted octanol–water partition coefficient (Wildman–Crippen LogP) is 9.46. The lowest BCUT2D eigenvalue weighted by Crippen LogP contribution is -1.94. The van der Waals surface area contributed by atoms with Crippen LogP contribution in [0.15, 0.2) is 115 Å². The normalized spacial score (nSPS) is 12.1. The van der Waals surface area contributed by atoms with Crippen molar-refractivity contribution in [3.63, 3.8) is 0 Å². The first-order chi connectivity index (χ1) is 16.9. The number of para-hydroxylation sites is 1. The van der Waals surface area contributed by atoms with Gasteiger partial charge < -0.3 is 4.57 Å². The Bertz CT molecular complexity index is 2070. The number of nitrogens with zero attached hydrogens (tertiary/aromatic N) is 1. The summed E-state index contributed by atoms with van der Waals surface area (Å²) in [5.74, 6) is 0. The van der Waals surface area contributed by atoms with Gasteiger partial charge in [0.25, 0.3) is 0 Å². The molecule has 8 aromatic rings. The lowest BCUT2D eigenvalue weighted by atomic mass is 9.98. The number of aromatic nitrogens is 1. The average Bonchev–Trinajstić information content (AvgIpc) is 3.44. The van der Waals surface area contributed by atoms with Crippen LogP contribution < -0.4 is 0 Å². The van der Waals surface area contributed by atoms with Crippen LogP contribution in [-0.4, -0.2) is 4.57 Å². The van der Waals surface area contributed by atoms with E-state index in [0.29, 0.717) is 0 Å². The van der Waals surface area contributed by atoms with Crippen LogP contribution in [0.3, 0.4) is 0 Å². The SMILES string of the molecule is c1ccc2cc(-n3c4ccccc4c4sc5c6ccccc6c6ccccc6c5c43)ccc2c1. The largest absolute Gasteiger partial charge is 0.308 e. The summed E-state index contributed by atoms with van der Waals surface area (Å²) in [4.78, 5) is 0. The molecule has 2 heterocycles. The molecule has 0 aliphatic heterocycles. The van der Waals surface area contributed by atoms with Crippen molar-refractivity contribution in [3.8, 4) is 5.69 Å². The van der Waals surface area contributed by atoms with Gasteiger partial charge in [0.05, 0.1) is 15.7 Å². The summed E-state index contributed by atoms with van der Waals surface area (Å²) in [6.45, 7) is 0. The Balaban J connectivity index is 1.66. The van der Waals surface area contributed by atoms with Gasteiger partial charge in [-0.05, 0) is 45.1 Å². The van der Waals surface area contributed by atoms with Gasteiger partial charge in [-0.25, -0.2) is 0 Å². The minimum atomic E-state index is 1.21. The van der Waals surface area contributed by atoms with Crippen molar-refractivity contribution < 1.29 is 0 Å². The van der Waals surface area contributed by atoms with Crippen LogP contribution in [0, 0.1) is 0 Å². The summed E-state index contributed by atoms with van der Waals surface area (Å²) >= 11 is 1.93. The number of hydrogen-bond donors (Lipinski definition) is 0. The zero-order valence-corrected chi connectivity index (χ0v) is 19.1. The summed E-state index contributed by atoms with van der Waals surface area (Å²) < 4.78 is 5.22. The van der Waals surface area contributed by atoms with Crippen LogP contribution in [0.1, 0.15) is 0 Å². The van der Waals surface area contributed by atoms with Crippen molar-refractivity contribution in [1.29, 1.82) is 0 Å². The summed E-state index contributed by atoms with van der Waals surface area (Å²) in [5, 5.41) is 10.5. The number of fused-ring (bicyclic) bond motifs is 11. The highest BCUT2D eigenvalue weighted by Gasteiger charge is 2.21. The van der Waals surface area contributed by atoms with E-state index in [9.17, 15) is 0 Å². The van der Waals surface area contributed by atoms with E-state index in [2.05, 4.69) is 120 Å². The Kier molecular flexibility index (Phi) is 3.60. The maximum atomic E-state index is 2.48. The maximum absolute atomic E-state index is 2.48. The maximum Gasteiger partial charge on any atom is 0.0734 e. The van der Waals surface area contributed by atoms with Crippen molar-refractivity contribution in [1.82, 2.24) is 4.57 Å². The molecule has 0 N–H and O–H groups in total. The van der Waals surface area contributed by atoms with Crippen molar-refractivity contribution in [2.45, 2.75) is 0 Å². The Morgan fingerprint density at radius 1 is 0.471 bits per heavy atom. The van der Waals surface area contributed by atoms with E-state index >= 15 is 0 Å². The predicted molar refractivity (Wildman–Crippen MR) is 149 cm³/mol. The third-order valence-electron chi connectivity index (χ3n) is 7.15. The van der Waals surface area contributed by atoms with Gasteiger partial charge in [-0.2, -0.15) is 0 Å². The van der Waals surface area contributed by atoms with Crippen LogP contribution >= 0.6 is 11.3 Å². The van der Waals surface area contributed by atoms with Crippen LogP contribution in [0.5, 0.6) is 0 Å². The molecule has 0 radical (unpaired) electrons. The fourth-order valence-corrected chi connectivity index (χ4v) is 7.05. The molecular weight excluding hydrogens is 430 g/mol. The molecule has 0 saturated heterocycles. The number of thiophene rings is 1. The third kappa shape index (κ3) is 2.33. The van der Waals surface area contributed by atoms with E-state index in [1.54, 1.807) is 0 Å². The molecule has 0 aliphatic rings. The van der Waals surface area contributed by atoms with Crippen LogP contribution in [0.4, 0.5) is 0 Å². The molecule has 0 atom stereocenters. The van der Waals surface area contributed by atoms with E-state index in [1.807, 2.05) is 11.3 Å². The first-order valence-electron chi connectivity index (χ1n) is 11.6. The van der Waals surface area contributed by atoms with Crippen LogP contribution in [-0.2, 0) is 0 Å². The number of hydrogen-bond acceptors (Lipinski definition) is 1. The second-order valence-corrected chi connectivity index (χ2v) is 9.98. The Morgan fingerprint density at radius 3 is 1.91 bits per heavy atom. The van der Waals surface area contributed by atoms with Gasteiger partial charge in [0, 0.05) is 26.5 Å². The standard InChI is InChI=1S/C32H19NS/c1-2-10-21-19-22(18-17-20(21)9-1)33-28-16-8-7-15-27(28)32-30(33)29-25-13-5-3-11-23(25)24-12-4-6-14-26(24)31(29)34-32/h1-19H. The lowest BCUT2D eigenvalue weighted by Gasteiger charge is -2.11. The molecule has 0 aliphatic carbocycles. The Morgan fingerprint density at radius 2 is 1.09 bits per heavy atom. The van der Waals surface area contributed by atoms with E-state index in [-0.39, 0.29) is 0 Å². The van der Waals surface area contributed by atoms with Gasteiger partial charge in [0.15, 0.2) is 0 Å². The lowest BCUT2D eigenvalue weighted by molar-refractivity contribution is 1.19. The monoisotopic (exact) mass is 449 g/mol. The molecule has 8 rings (SSSR count). The van der Waals surface area contributed by atoms with Crippen molar-refractivity contribution in [2.24, 2.45) is 0 Å². The quantitative estimate of drug-likeness (QED) is 0.220. The summed E-state index contributed by atoms with van der Waals surface area (Å²) in [6, 6.07) is 42.0. The zero-order chi connectivity index (χ0) is 22.2. The summed E-state index contributed by atoms with van der Waals surface area (Å²) in [5.41, 5.74) is 3.79. The first-order valence-corrected chi connectivity index (χ1v) is 12.4. The second kappa shape index (κ2) is 6.69. The number of benzene rings is 6. The topological polar surface area (TPSA) is 4.93 Å². The number of rotatable bonds is 1. The zero-order valence-electron chi connectivity index (χ0n) is 18.3. The fraction of sp³-hybridized carbons (Fsp3) is 0.